The standard InChI is InChI=1S/C14H13FN2O3S/c1-2-20-12(18)7-11-8-21-14(16-11)17-13(19)9-3-5-10(15)6-4-9/h3-6,8H,2,7H2,1H3,(H,16,17,19). The summed E-state index contributed by atoms with van der Waals surface area (Å²) in [6, 6.07) is 5.20. The van der Waals surface area contributed by atoms with Crippen molar-refractivity contribution in [2.45, 2.75) is 13.3 Å². The van der Waals surface area contributed by atoms with E-state index in [0.717, 1.165) is 0 Å². The van der Waals surface area contributed by atoms with Gasteiger partial charge in [-0.1, -0.05) is 0 Å². The van der Waals surface area contributed by atoms with Crippen molar-refractivity contribution >= 4 is 28.3 Å². The fourth-order valence-corrected chi connectivity index (χ4v) is 2.28. The van der Waals surface area contributed by atoms with Gasteiger partial charge in [0.1, 0.15) is 5.82 Å². The number of hydrogen-bond donors (Lipinski definition) is 1. The molecular formula is C14H13FN2O3S. The molecule has 2 rings (SSSR count). The van der Waals surface area contributed by atoms with Gasteiger partial charge in [0, 0.05) is 10.9 Å². The fourth-order valence-electron chi connectivity index (χ4n) is 1.58. The molecule has 0 aliphatic heterocycles. The third-order valence-electron chi connectivity index (χ3n) is 2.51. The van der Waals surface area contributed by atoms with Crippen molar-refractivity contribution in [3.05, 3.63) is 46.7 Å². The van der Waals surface area contributed by atoms with Crippen molar-refractivity contribution in [2.24, 2.45) is 0 Å². The Morgan fingerprint density at radius 2 is 2.05 bits per heavy atom. The third kappa shape index (κ3) is 4.35. The number of anilines is 1. The number of thiazole rings is 1. The van der Waals surface area contributed by atoms with Crippen LogP contribution in [0.3, 0.4) is 0 Å². The molecule has 7 heteroatoms. The van der Waals surface area contributed by atoms with Gasteiger partial charge in [-0.25, -0.2) is 9.37 Å². The monoisotopic (exact) mass is 308 g/mol. The van der Waals surface area contributed by atoms with E-state index in [1.54, 1.807) is 12.3 Å². The molecule has 1 aromatic carbocycles. The number of aromatic nitrogens is 1. The predicted molar refractivity (Wildman–Crippen MR) is 76.8 cm³/mol. The van der Waals surface area contributed by atoms with Gasteiger partial charge in [-0.05, 0) is 31.2 Å². The van der Waals surface area contributed by atoms with Crippen LogP contribution in [0, 0.1) is 5.82 Å². The minimum atomic E-state index is -0.405. The van der Waals surface area contributed by atoms with E-state index in [1.165, 1.54) is 35.6 Å². The van der Waals surface area contributed by atoms with Crippen LogP contribution in [0.15, 0.2) is 29.6 Å². The van der Waals surface area contributed by atoms with Crippen LogP contribution in [-0.2, 0) is 16.0 Å². The van der Waals surface area contributed by atoms with Crippen LogP contribution < -0.4 is 5.32 Å². The Hall–Kier alpha value is -2.28. The lowest BCUT2D eigenvalue weighted by Crippen LogP contribution is -2.12. The molecule has 1 heterocycles. The number of hydrogen-bond acceptors (Lipinski definition) is 5. The highest BCUT2D eigenvalue weighted by Gasteiger charge is 2.11. The largest absolute Gasteiger partial charge is 0.466 e. The first kappa shape index (κ1) is 15.1. The van der Waals surface area contributed by atoms with Crippen LogP contribution in [0.2, 0.25) is 0 Å². The minimum Gasteiger partial charge on any atom is -0.466 e. The van der Waals surface area contributed by atoms with E-state index in [4.69, 9.17) is 4.74 Å². The number of carbonyl (C=O) groups excluding carboxylic acids is 2. The van der Waals surface area contributed by atoms with Gasteiger partial charge in [-0.3, -0.25) is 14.9 Å². The number of ether oxygens (including phenoxy) is 1. The van der Waals surface area contributed by atoms with Crippen molar-refractivity contribution in [3.8, 4) is 0 Å². The number of rotatable bonds is 5. The van der Waals surface area contributed by atoms with Crippen LogP contribution in [0.1, 0.15) is 23.0 Å². The van der Waals surface area contributed by atoms with Gasteiger partial charge in [-0.15, -0.1) is 11.3 Å². The summed E-state index contributed by atoms with van der Waals surface area (Å²) in [5.74, 6) is -1.15. The zero-order valence-electron chi connectivity index (χ0n) is 11.3. The van der Waals surface area contributed by atoms with Crippen LogP contribution in [0.4, 0.5) is 9.52 Å². The van der Waals surface area contributed by atoms with Gasteiger partial charge >= 0.3 is 5.97 Å². The van der Waals surface area contributed by atoms with Crippen LogP contribution in [0.5, 0.6) is 0 Å². The summed E-state index contributed by atoms with van der Waals surface area (Å²) in [5, 5.41) is 4.65. The highest BCUT2D eigenvalue weighted by molar-refractivity contribution is 7.14. The number of nitrogens with zero attached hydrogens (tertiary/aromatic N) is 1. The first-order valence-corrected chi connectivity index (χ1v) is 7.13. The first-order valence-electron chi connectivity index (χ1n) is 6.25. The second kappa shape index (κ2) is 6.94. The summed E-state index contributed by atoms with van der Waals surface area (Å²) in [7, 11) is 0. The number of carbonyl (C=O) groups is 2. The summed E-state index contributed by atoms with van der Waals surface area (Å²) >= 11 is 1.21. The highest BCUT2D eigenvalue weighted by Crippen LogP contribution is 2.17. The molecular weight excluding hydrogens is 295 g/mol. The number of esters is 1. The van der Waals surface area contributed by atoms with E-state index in [9.17, 15) is 14.0 Å². The second-order valence-electron chi connectivity index (χ2n) is 4.09. The predicted octanol–water partition coefficient (Wildman–Crippen LogP) is 2.64. The summed E-state index contributed by atoms with van der Waals surface area (Å²) in [5.41, 5.74) is 0.867. The van der Waals surface area contributed by atoms with E-state index in [-0.39, 0.29) is 18.3 Å². The Morgan fingerprint density at radius 1 is 1.33 bits per heavy atom. The normalized spacial score (nSPS) is 10.2. The fraction of sp³-hybridized carbons (Fsp3) is 0.214. The molecule has 2 aromatic rings. The number of amides is 1. The third-order valence-corrected chi connectivity index (χ3v) is 3.32. The Balaban J connectivity index is 1.97. The molecule has 21 heavy (non-hydrogen) atoms. The number of halogens is 1. The summed E-state index contributed by atoms with van der Waals surface area (Å²) in [6.07, 6.45) is 0.0662. The van der Waals surface area contributed by atoms with Gasteiger partial charge in [0.05, 0.1) is 18.7 Å². The van der Waals surface area contributed by atoms with Crippen molar-refractivity contribution in [1.29, 1.82) is 0 Å². The summed E-state index contributed by atoms with van der Waals surface area (Å²) in [4.78, 5) is 27.3. The van der Waals surface area contributed by atoms with Gasteiger partial charge in [0.2, 0.25) is 0 Å². The maximum absolute atomic E-state index is 12.8. The zero-order chi connectivity index (χ0) is 15.2. The Labute approximate surface area is 124 Å². The average Bonchev–Trinajstić information content (AvgIpc) is 2.86. The number of benzene rings is 1. The maximum Gasteiger partial charge on any atom is 0.311 e. The van der Waals surface area contributed by atoms with E-state index in [2.05, 4.69) is 10.3 Å². The van der Waals surface area contributed by atoms with Crippen molar-refractivity contribution < 1.29 is 18.7 Å². The Kier molecular flexibility index (Phi) is 4.99. The highest BCUT2D eigenvalue weighted by atomic mass is 32.1. The van der Waals surface area contributed by atoms with Crippen LogP contribution in [0.25, 0.3) is 0 Å². The molecule has 0 saturated carbocycles. The van der Waals surface area contributed by atoms with Crippen molar-refractivity contribution in [1.82, 2.24) is 4.98 Å². The second-order valence-corrected chi connectivity index (χ2v) is 4.94. The average molecular weight is 308 g/mol. The van der Waals surface area contributed by atoms with E-state index in [1.807, 2.05) is 0 Å². The number of nitrogens with one attached hydrogen (secondary N) is 1. The molecule has 5 nitrogen and oxygen atoms in total. The van der Waals surface area contributed by atoms with Crippen LogP contribution >= 0.6 is 11.3 Å². The summed E-state index contributed by atoms with van der Waals surface area (Å²) in [6.45, 7) is 2.05. The smallest absolute Gasteiger partial charge is 0.311 e. The molecule has 0 unspecified atom stereocenters. The topological polar surface area (TPSA) is 68.3 Å². The zero-order valence-corrected chi connectivity index (χ0v) is 12.1. The van der Waals surface area contributed by atoms with Crippen molar-refractivity contribution in [3.63, 3.8) is 0 Å². The molecule has 0 radical (unpaired) electrons. The molecule has 0 saturated heterocycles. The molecule has 0 bridgehead atoms. The molecule has 1 aromatic heterocycles. The lowest BCUT2D eigenvalue weighted by molar-refractivity contribution is -0.142. The molecule has 0 spiro atoms. The molecule has 0 aliphatic rings. The molecule has 110 valence electrons. The molecule has 0 aliphatic carbocycles. The van der Waals surface area contributed by atoms with Gasteiger partial charge in [0.15, 0.2) is 5.13 Å². The van der Waals surface area contributed by atoms with Crippen LogP contribution in [-0.4, -0.2) is 23.5 Å². The Bertz CT molecular complexity index is 640. The van der Waals surface area contributed by atoms with Gasteiger partial charge in [0.25, 0.3) is 5.91 Å². The molecule has 1 amide bonds. The quantitative estimate of drug-likeness (QED) is 0.862. The maximum atomic E-state index is 12.8. The molecule has 0 atom stereocenters. The Morgan fingerprint density at radius 3 is 2.71 bits per heavy atom. The summed E-state index contributed by atoms with van der Waals surface area (Å²) < 4.78 is 17.6. The lowest BCUT2D eigenvalue weighted by Gasteiger charge is -2.01. The van der Waals surface area contributed by atoms with E-state index in [0.29, 0.717) is 23.0 Å². The van der Waals surface area contributed by atoms with Gasteiger partial charge in [-0.2, -0.15) is 0 Å². The first-order chi connectivity index (χ1) is 10.1. The lowest BCUT2D eigenvalue weighted by atomic mass is 10.2. The van der Waals surface area contributed by atoms with Gasteiger partial charge < -0.3 is 4.74 Å². The molecule has 0 fully saturated rings. The van der Waals surface area contributed by atoms with E-state index >= 15 is 0 Å². The van der Waals surface area contributed by atoms with E-state index < -0.39 is 5.82 Å². The molecule has 1 N–H and O–H groups in total. The minimum absolute atomic E-state index is 0.0662. The van der Waals surface area contributed by atoms with Crippen molar-refractivity contribution in [2.75, 3.05) is 11.9 Å². The SMILES string of the molecule is CCOC(=O)Cc1csc(NC(=O)c2ccc(F)cc2)n1.